The van der Waals surface area contributed by atoms with E-state index in [0.717, 1.165) is 12.3 Å². The Bertz CT molecular complexity index is 196. The van der Waals surface area contributed by atoms with Gasteiger partial charge in [0.25, 0.3) is 0 Å². The van der Waals surface area contributed by atoms with Crippen LogP contribution in [-0.4, -0.2) is 0 Å². The van der Waals surface area contributed by atoms with Crippen LogP contribution < -0.4 is 0 Å². The molecule has 0 amide bonds. The molecule has 0 heterocycles. The first kappa shape index (κ1) is 23.0. The highest BCUT2D eigenvalue weighted by molar-refractivity contribution is 4.62. The zero-order valence-electron chi connectivity index (χ0n) is 16.7. The van der Waals surface area contributed by atoms with Crippen molar-refractivity contribution in [1.29, 1.82) is 0 Å². The monoisotopic (exact) mass is 323 g/mol. The second kappa shape index (κ2) is 20.0. The molecular formula is C23H47. The van der Waals surface area contributed by atoms with E-state index < -0.39 is 0 Å². The fourth-order valence-electron chi connectivity index (χ4n) is 3.68. The SMILES string of the molecule is [CH2]CCC(CCCCCCC)CCCCCCCCCCCC. The third-order valence-corrected chi connectivity index (χ3v) is 5.29. The van der Waals surface area contributed by atoms with Crippen molar-refractivity contribution in [2.24, 2.45) is 5.92 Å². The molecule has 0 fully saturated rings. The smallest absolute Gasteiger partial charge is 0.0414 e. The molecule has 0 aliphatic carbocycles. The van der Waals surface area contributed by atoms with E-state index in [2.05, 4.69) is 20.8 Å². The van der Waals surface area contributed by atoms with Crippen LogP contribution in [0.4, 0.5) is 0 Å². The molecular weight excluding hydrogens is 276 g/mol. The van der Waals surface area contributed by atoms with E-state index in [9.17, 15) is 0 Å². The first-order chi connectivity index (χ1) is 11.3. The highest BCUT2D eigenvalue weighted by Crippen LogP contribution is 2.23. The minimum atomic E-state index is 0.975. The van der Waals surface area contributed by atoms with Crippen molar-refractivity contribution < 1.29 is 0 Å². The van der Waals surface area contributed by atoms with Gasteiger partial charge in [0, 0.05) is 0 Å². The summed E-state index contributed by atoms with van der Waals surface area (Å²) < 4.78 is 0. The van der Waals surface area contributed by atoms with Crippen LogP contribution in [0.3, 0.4) is 0 Å². The fraction of sp³-hybridized carbons (Fsp3) is 0.957. The van der Waals surface area contributed by atoms with Gasteiger partial charge in [0.05, 0.1) is 0 Å². The Morgan fingerprint density at radius 1 is 0.478 bits per heavy atom. The number of rotatable bonds is 19. The zero-order valence-corrected chi connectivity index (χ0v) is 16.7. The maximum atomic E-state index is 4.08. The quantitative estimate of drug-likeness (QED) is 0.208. The van der Waals surface area contributed by atoms with Crippen molar-refractivity contribution in [3.63, 3.8) is 0 Å². The second-order valence-electron chi connectivity index (χ2n) is 7.68. The molecule has 1 atom stereocenters. The fourth-order valence-corrected chi connectivity index (χ4v) is 3.68. The minimum absolute atomic E-state index is 0.975. The normalized spacial score (nSPS) is 12.7. The summed E-state index contributed by atoms with van der Waals surface area (Å²) in [5.74, 6) is 0.975. The molecule has 0 aromatic heterocycles. The molecule has 0 nitrogen and oxygen atoms in total. The lowest BCUT2D eigenvalue weighted by atomic mass is 9.90. The van der Waals surface area contributed by atoms with Crippen molar-refractivity contribution in [3.8, 4) is 0 Å². The second-order valence-corrected chi connectivity index (χ2v) is 7.68. The van der Waals surface area contributed by atoms with Crippen LogP contribution in [-0.2, 0) is 0 Å². The molecule has 1 radical (unpaired) electrons. The van der Waals surface area contributed by atoms with Gasteiger partial charge in [0.2, 0.25) is 0 Å². The standard InChI is InChI=1S/C23H47/c1-4-7-9-11-12-13-14-15-17-19-22-23(20-6-3)21-18-16-10-8-5-2/h23H,3-22H2,1-2H3. The van der Waals surface area contributed by atoms with Crippen LogP contribution in [0.15, 0.2) is 0 Å². The third kappa shape index (κ3) is 18.2. The van der Waals surface area contributed by atoms with Crippen molar-refractivity contribution in [3.05, 3.63) is 6.92 Å². The molecule has 0 saturated heterocycles. The average Bonchev–Trinajstić information content (AvgIpc) is 2.56. The summed E-state index contributed by atoms with van der Waals surface area (Å²) in [6, 6.07) is 0. The third-order valence-electron chi connectivity index (χ3n) is 5.29. The molecule has 1 unspecified atom stereocenters. The van der Waals surface area contributed by atoms with Gasteiger partial charge < -0.3 is 0 Å². The van der Waals surface area contributed by atoms with Gasteiger partial charge >= 0.3 is 0 Å². The number of unbranched alkanes of at least 4 members (excludes halogenated alkanes) is 13. The van der Waals surface area contributed by atoms with Gasteiger partial charge in [-0.15, -0.1) is 0 Å². The van der Waals surface area contributed by atoms with Crippen molar-refractivity contribution in [2.75, 3.05) is 0 Å². The highest BCUT2D eigenvalue weighted by Gasteiger charge is 2.07. The Morgan fingerprint density at radius 3 is 1.17 bits per heavy atom. The Morgan fingerprint density at radius 2 is 0.826 bits per heavy atom. The van der Waals surface area contributed by atoms with Crippen LogP contribution in [0.2, 0.25) is 0 Å². The van der Waals surface area contributed by atoms with Crippen LogP contribution >= 0.6 is 0 Å². The Balaban J connectivity index is 3.38. The van der Waals surface area contributed by atoms with Crippen LogP contribution in [0, 0.1) is 12.8 Å². The molecule has 0 aromatic carbocycles. The summed E-state index contributed by atoms with van der Waals surface area (Å²) in [6.45, 7) is 8.68. The summed E-state index contributed by atoms with van der Waals surface area (Å²) >= 11 is 0. The van der Waals surface area contributed by atoms with E-state index in [1.165, 1.54) is 116 Å². The van der Waals surface area contributed by atoms with Gasteiger partial charge in [-0.05, 0) is 5.92 Å². The molecule has 0 saturated carbocycles. The molecule has 0 N–H and O–H groups in total. The molecule has 23 heavy (non-hydrogen) atoms. The first-order valence-corrected chi connectivity index (χ1v) is 11.1. The van der Waals surface area contributed by atoms with Crippen LogP contribution in [0.25, 0.3) is 0 Å². The van der Waals surface area contributed by atoms with E-state index >= 15 is 0 Å². The van der Waals surface area contributed by atoms with Crippen molar-refractivity contribution in [1.82, 2.24) is 0 Å². The van der Waals surface area contributed by atoms with Gasteiger partial charge in [0.1, 0.15) is 0 Å². The van der Waals surface area contributed by atoms with E-state index in [0.29, 0.717) is 0 Å². The highest BCUT2D eigenvalue weighted by atomic mass is 14.1. The maximum absolute atomic E-state index is 4.08. The Kier molecular flexibility index (Phi) is 20.0. The average molecular weight is 324 g/mol. The molecule has 0 bridgehead atoms. The van der Waals surface area contributed by atoms with Gasteiger partial charge in [-0.2, -0.15) is 0 Å². The topological polar surface area (TPSA) is 0 Å². The summed E-state index contributed by atoms with van der Waals surface area (Å²) in [4.78, 5) is 0. The van der Waals surface area contributed by atoms with Gasteiger partial charge in [-0.3, -0.25) is 0 Å². The summed E-state index contributed by atoms with van der Waals surface area (Å²) in [5.41, 5.74) is 0. The molecule has 0 aliphatic heterocycles. The Labute approximate surface area is 149 Å². The first-order valence-electron chi connectivity index (χ1n) is 11.1. The lowest BCUT2D eigenvalue weighted by molar-refractivity contribution is 0.382. The maximum Gasteiger partial charge on any atom is -0.0414 e. The summed E-state index contributed by atoms with van der Waals surface area (Å²) in [6.07, 6.45) is 27.2. The molecule has 139 valence electrons. The predicted octanol–water partition coefficient (Wildman–Crippen LogP) is 8.89. The molecule has 0 aromatic rings. The zero-order chi connectivity index (χ0) is 17.0. The van der Waals surface area contributed by atoms with Crippen LogP contribution in [0.5, 0.6) is 0 Å². The Hall–Kier alpha value is 0. The van der Waals surface area contributed by atoms with E-state index in [1.54, 1.807) is 0 Å². The van der Waals surface area contributed by atoms with Gasteiger partial charge in [-0.1, -0.05) is 143 Å². The largest absolute Gasteiger partial charge is 0.0654 e. The van der Waals surface area contributed by atoms with Gasteiger partial charge in [-0.25, -0.2) is 0 Å². The summed E-state index contributed by atoms with van der Waals surface area (Å²) in [7, 11) is 0. The van der Waals surface area contributed by atoms with Crippen molar-refractivity contribution in [2.45, 2.75) is 136 Å². The number of hydrogen-bond donors (Lipinski definition) is 0. The van der Waals surface area contributed by atoms with Crippen LogP contribution in [0.1, 0.15) is 136 Å². The van der Waals surface area contributed by atoms with E-state index in [-0.39, 0.29) is 0 Å². The molecule has 0 rings (SSSR count). The van der Waals surface area contributed by atoms with Crippen molar-refractivity contribution >= 4 is 0 Å². The summed E-state index contributed by atoms with van der Waals surface area (Å²) in [5, 5.41) is 0. The van der Waals surface area contributed by atoms with Gasteiger partial charge in [0.15, 0.2) is 0 Å². The predicted molar refractivity (Wildman–Crippen MR) is 108 cm³/mol. The molecule has 0 spiro atoms. The van der Waals surface area contributed by atoms with E-state index in [4.69, 9.17) is 0 Å². The lowest BCUT2D eigenvalue weighted by Crippen LogP contribution is -2.00. The minimum Gasteiger partial charge on any atom is -0.0654 e. The lowest BCUT2D eigenvalue weighted by Gasteiger charge is -2.16. The molecule has 0 heteroatoms. The molecule has 0 aliphatic rings. The number of hydrogen-bond acceptors (Lipinski definition) is 0. The van der Waals surface area contributed by atoms with E-state index in [1.807, 2.05) is 0 Å².